The fourth-order valence-electron chi connectivity index (χ4n) is 2.78. The van der Waals surface area contributed by atoms with Gasteiger partial charge in [0.05, 0.1) is 12.2 Å². The highest BCUT2D eigenvalue weighted by Gasteiger charge is 2.33. The molecule has 2 rings (SSSR count). The SMILES string of the molecule is CCOC(=O)c1cccc(NC(=O)C(CC)S(=O)(=O)CC(=O)Nc2ccc(Cl)cc2)c1. The highest BCUT2D eigenvalue weighted by molar-refractivity contribution is 7.93. The van der Waals surface area contributed by atoms with E-state index >= 15 is 0 Å². The second kappa shape index (κ2) is 10.9. The standard InChI is InChI=1S/C21H23ClN2O6S/c1-3-18(20(26)24-17-7-5-6-14(12-17)21(27)30-4-2)31(28,29)13-19(25)23-16-10-8-15(22)9-11-16/h5-12,18H,3-4,13H2,1-2H3,(H,23,25)(H,24,26). The van der Waals surface area contributed by atoms with E-state index < -0.39 is 38.6 Å². The number of ether oxygens (including phenoxy) is 1. The molecule has 0 heterocycles. The number of hydrogen-bond acceptors (Lipinski definition) is 6. The third-order valence-electron chi connectivity index (χ3n) is 4.20. The molecule has 2 amide bonds. The molecule has 0 fully saturated rings. The molecule has 0 spiro atoms. The van der Waals surface area contributed by atoms with Gasteiger partial charge in [-0.3, -0.25) is 9.59 Å². The lowest BCUT2D eigenvalue weighted by molar-refractivity contribution is -0.115. The minimum atomic E-state index is -4.10. The van der Waals surface area contributed by atoms with Gasteiger partial charge in [-0.15, -0.1) is 0 Å². The normalized spacial score (nSPS) is 12.0. The van der Waals surface area contributed by atoms with Crippen LogP contribution in [-0.2, 0) is 24.2 Å². The fourth-order valence-corrected chi connectivity index (χ4v) is 4.43. The topological polar surface area (TPSA) is 119 Å². The Hall–Kier alpha value is -2.91. The van der Waals surface area contributed by atoms with E-state index in [1.165, 1.54) is 43.3 Å². The predicted octanol–water partition coefficient (Wildman–Crippen LogP) is 3.29. The van der Waals surface area contributed by atoms with E-state index in [0.29, 0.717) is 10.7 Å². The van der Waals surface area contributed by atoms with Crippen molar-refractivity contribution in [1.29, 1.82) is 0 Å². The first kappa shape index (κ1) is 24.4. The minimum Gasteiger partial charge on any atom is -0.462 e. The molecule has 0 radical (unpaired) electrons. The molecule has 8 nitrogen and oxygen atoms in total. The maximum Gasteiger partial charge on any atom is 0.338 e. The van der Waals surface area contributed by atoms with Crippen LogP contribution in [0.1, 0.15) is 30.6 Å². The number of carbonyl (C=O) groups is 3. The predicted molar refractivity (Wildman–Crippen MR) is 119 cm³/mol. The highest BCUT2D eigenvalue weighted by Crippen LogP contribution is 2.17. The van der Waals surface area contributed by atoms with Gasteiger partial charge in [0.1, 0.15) is 11.0 Å². The van der Waals surface area contributed by atoms with Crippen molar-refractivity contribution in [2.24, 2.45) is 0 Å². The zero-order valence-corrected chi connectivity index (χ0v) is 18.6. The number of carbonyl (C=O) groups excluding carboxylic acids is 3. The van der Waals surface area contributed by atoms with Gasteiger partial charge in [-0.2, -0.15) is 0 Å². The van der Waals surface area contributed by atoms with Gasteiger partial charge in [0, 0.05) is 16.4 Å². The summed E-state index contributed by atoms with van der Waals surface area (Å²) < 4.78 is 30.3. The number of benzene rings is 2. The van der Waals surface area contributed by atoms with Crippen LogP contribution in [0.3, 0.4) is 0 Å². The lowest BCUT2D eigenvalue weighted by atomic mass is 10.2. The molecule has 2 aromatic rings. The van der Waals surface area contributed by atoms with Crippen LogP contribution in [0.2, 0.25) is 5.02 Å². The summed E-state index contributed by atoms with van der Waals surface area (Å²) >= 11 is 5.78. The first-order valence-electron chi connectivity index (χ1n) is 9.51. The molecule has 10 heteroatoms. The van der Waals surface area contributed by atoms with Gasteiger partial charge in [0.2, 0.25) is 11.8 Å². The molecule has 166 valence electrons. The van der Waals surface area contributed by atoms with E-state index in [1.54, 1.807) is 19.1 Å². The van der Waals surface area contributed by atoms with Crippen LogP contribution in [0.15, 0.2) is 48.5 Å². The summed E-state index contributed by atoms with van der Waals surface area (Å²) in [5.41, 5.74) is 0.852. The first-order chi connectivity index (χ1) is 14.7. The molecular formula is C21H23ClN2O6S. The number of nitrogens with one attached hydrogen (secondary N) is 2. The Labute approximate surface area is 185 Å². The number of esters is 1. The quantitative estimate of drug-likeness (QED) is 0.547. The molecule has 0 saturated heterocycles. The van der Waals surface area contributed by atoms with E-state index in [0.717, 1.165) is 0 Å². The van der Waals surface area contributed by atoms with Crippen molar-refractivity contribution in [1.82, 2.24) is 0 Å². The largest absolute Gasteiger partial charge is 0.462 e. The van der Waals surface area contributed by atoms with Crippen LogP contribution in [0.25, 0.3) is 0 Å². The molecular weight excluding hydrogens is 444 g/mol. The van der Waals surface area contributed by atoms with Crippen LogP contribution in [0.5, 0.6) is 0 Å². The molecule has 1 unspecified atom stereocenters. The zero-order chi connectivity index (χ0) is 23.0. The van der Waals surface area contributed by atoms with Crippen LogP contribution in [-0.4, -0.2) is 43.8 Å². The Bertz CT molecular complexity index is 1050. The molecule has 0 bridgehead atoms. The third kappa shape index (κ3) is 7.08. The second-order valence-corrected chi connectivity index (χ2v) is 9.17. The van der Waals surface area contributed by atoms with Crippen LogP contribution < -0.4 is 10.6 Å². The maximum atomic E-state index is 12.7. The molecule has 0 aliphatic heterocycles. The van der Waals surface area contributed by atoms with E-state index in [9.17, 15) is 22.8 Å². The van der Waals surface area contributed by atoms with E-state index in [4.69, 9.17) is 16.3 Å². The summed E-state index contributed by atoms with van der Waals surface area (Å²) in [6.45, 7) is 3.40. The summed E-state index contributed by atoms with van der Waals surface area (Å²) in [4.78, 5) is 36.7. The van der Waals surface area contributed by atoms with Crippen molar-refractivity contribution < 1.29 is 27.5 Å². The molecule has 2 aromatic carbocycles. The van der Waals surface area contributed by atoms with Crippen molar-refractivity contribution in [2.45, 2.75) is 25.5 Å². The van der Waals surface area contributed by atoms with Gasteiger partial charge in [-0.25, -0.2) is 13.2 Å². The highest BCUT2D eigenvalue weighted by atomic mass is 35.5. The average molecular weight is 467 g/mol. The second-order valence-electron chi connectivity index (χ2n) is 6.55. The van der Waals surface area contributed by atoms with Gasteiger partial charge in [0.25, 0.3) is 0 Å². The average Bonchev–Trinajstić information content (AvgIpc) is 2.70. The Morgan fingerprint density at radius 2 is 1.68 bits per heavy atom. The zero-order valence-electron chi connectivity index (χ0n) is 17.1. The molecule has 2 N–H and O–H groups in total. The smallest absolute Gasteiger partial charge is 0.338 e. The number of hydrogen-bond donors (Lipinski definition) is 2. The number of sulfone groups is 1. The Kier molecular flexibility index (Phi) is 8.58. The van der Waals surface area contributed by atoms with Crippen LogP contribution in [0.4, 0.5) is 11.4 Å². The summed E-state index contributed by atoms with van der Waals surface area (Å²) in [5, 5.41) is 4.00. The Morgan fingerprint density at radius 1 is 1.00 bits per heavy atom. The lowest BCUT2D eigenvalue weighted by Crippen LogP contribution is -2.39. The van der Waals surface area contributed by atoms with Gasteiger partial charge >= 0.3 is 5.97 Å². The van der Waals surface area contributed by atoms with E-state index in [1.807, 2.05) is 0 Å². The van der Waals surface area contributed by atoms with Gasteiger partial charge < -0.3 is 15.4 Å². The summed E-state index contributed by atoms with van der Waals surface area (Å²) in [7, 11) is -4.10. The van der Waals surface area contributed by atoms with Gasteiger partial charge in [-0.05, 0) is 55.8 Å². The molecule has 0 saturated carbocycles. The molecule has 0 aliphatic carbocycles. The number of anilines is 2. The van der Waals surface area contributed by atoms with Crippen molar-refractivity contribution >= 4 is 50.6 Å². The van der Waals surface area contributed by atoms with Crippen molar-refractivity contribution in [3.63, 3.8) is 0 Å². The molecule has 31 heavy (non-hydrogen) atoms. The number of rotatable bonds is 9. The molecule has 0 aromatic heterocycles. The van der Waals surface area contributed by atoms with Gasteiger partial charge in [0.15, 0.2) is 9.84 Å². The van der Waals surface area contributed by atoms with Crippen molar-refractivity contribution in [3.8, 4) is 0 Å². The Balaban J connectivity index is 2.08. The number of halogens is 1. The van der Waals surface area contributed by atoms with E-state index in [-0.39, 0.29) is 24.3 Å². The fraction of sp³-hybridized carbons (Fsp3) is 0.286. The molecule has 0 aliphatic rings. The van der Waals surface area contributed by atoms with Gasteiger partial charge in [-0.1, -0.05) is 24.6 Å². The van der Waals surface area contributed by atoms with E-state index in [2.05, 4.69) is 10.6 Å². The maximum absolute atomic E-state index is 12.7. The summed E-state index contributed by atoms with van der Waals surface area (Å²) in [5.74, 6) is -2.97. The monoisotopic (exact) mass is 466 g/mol. The summed E-state index contributed by atoms with van der Waals surface area (Å²) in [6.07, 6.45) is -0.0278. The number of amides is 2. The molecule has 1 atom stereocenters. The lowest BCUT2D eigenvalue weighted by Gasteiger charge is -2.16. The first-order valence-corrected chi connectivity index (χ1v) is 11.6. The Morgan fingerprint density at radius 3 is 2.29 bits per heavy atom. The van der Waals surface area contributed by atoms with Crippen molar-refractivity contribution in [3.05, 3.63) is 59.1 Å². The van der Waals surface area contributed by atoms with Crippen molar-refractivity contribution in [2.75, 3.05) is 23.0 Å². The summed E-state index contributed by atoms with van der Waals surface area (Å²) in [6, 6.07) is 12.1. The third-order valence-corrected chi connectivity index (χ3v) is 6.53. The van der Waals surface area contributed by atoms with Crippen LogP contribution in [0, 0.1) is 0 Å². The minimum absolute atomic E-state index is 0.0278. The van der Waals surface area contributed by atoms with Crippen LogP contribution >= 0.6 is 11.6 Å².